The van der Waals surface area contributed by atoms with Gasteiger partial charge in [-0.3, -0.25) is 0 Å². The van der Waals surface area contributed by atoms with Crippen LogP contribution in [0.15, 0.2) is 10.7 Å². The van der Waals surface area contributed by atoms with E-state index >= 15 is 0 Å². The molecule has 0 aromatic carbocycles. The van der Waals surface area contributed by atoms with Crippen LogP contribution in [0.25, 0.3) is 0 Å². The van der Waals surface area contributed by atoms with E-state index in [4.69, 9.17) is 4.74 Å². The summed E-state index contributed by atoms with van der Waals surface area (Å²) in [5.41, 5.74) is 0. The highest BCUT2D eigenvalue weighted by atomic mass is 79.9. The van der Waals surface area contributed by atoms with Gasteiger partial charge in [0, 0.05) is 6.04 Å². The maximum atomic E-state index is 11.4. The summed E-state index contributed by atoms with van der Waals surface area (Å²) in [5.74, 6) is 1.81. The van der Waals surface area contributed by atoms with Crippen molar-refractivity contribution in [2.24, 2.45) is 5.92 Å². The predicted molar refractivity (Wildman–Crippen MR) is 95.6 cm³/mol. The van der Waals surface area contributed by atoms with Crippen LogP contribution in [0.2, 0.25) is 0 Å². The van der Waals surface area contributed by atoms with Crippen LogP contribution in [0.3, 0.4) is 0 Å². The minimum absolute atomic E-state index is 0.172. The fourth-order valence-corrected chi connectivity index (χ4v) is 4.15. The molecule has 2 heterocycles. The summed E-state index contributed by atoms with van der Waals surface area (Å²) in [6.07, 6.45) is 7.40. The molecule has 1 aromatic heterocycles. The molecule has 0 unspecified atom stereocenters. The van der Waals surface area contributed by atoms with Crippen LogP contribution in [0.4, 0.5) is 5.95 Å². The zero-order valence-electron chi connectivity index (χ0n) is 13.9. The third kappa shape index (κ3) is 4.37. The van der Waals surface area contributed by atoms with Crippen molar-refractivity contribution in [3.63, 3.8) is 0 Å². The van der Waals surface area contributed by atoms with Gasteiger partial charge in [-0.2, -0.15) is 9.29 Å². The van der Waals surface area contributed by atoms with Crippen molar-refractivity contribution in [2.45, 2.75) is 44.8 Å². The number of halogens is 1. The topological polar surface area (TPSA) is 84.4 Å². The van der Waals surface area contributed by atoms with Gasteiger partial charge in [-0.15, -0.1) is 0 Å². The lowest BCUT2D eigenvalue weighted by molar-refractivity contribution is 0.0718. The largest absolute Gasteiger partial charge is 0.471 e. The first-order valence-electron chi connectivity index (χ1n) is 8.22. The van der Waals surface area contributed by atoms with E-state index in [2.05, 4.69) is 38.1 Å². The van der Waals surface area contributed by atoms with Gasteiger partial charge in [0.05, 0.1) is 30.0 Å². The van der Waals surface area contributed by atoms with Crippen molar-refractivity contribution in [2.75, 3.05) is 24.7 Å². The smallest absolute Gasteiger partial charge is 0.233 e. The number of ether oxygens (including phenoxy) is 1. The van der Waals surface area contributed by atoms with Crippen molar-refractivity contribution in [3.05, 3.63) is 10.7 Å². The van der Waals surface area contributed by atoms with Crippen LogP contribution in [0, 0.1) is 5.92 Å². The van der Waals surface area contributed by atoms with E-state index in [1.165, 1.54) is 23.4 Å². The standard InChI is InChI=1S/C15H23BrN4O3S/c1-10-3-5-11(6-4-10)18-15-17-7-13(16)14(19-15)23-12-8-20(9-12)24(2,21)22/h7,10-12H,3-6,8-9H2,1-2H3,(H,17,18,19). The molecule has 0 radical (unpaired) electrons. The summed E-state index contributed by atoms with van der Waals surface area (Å²) in [4.78, 5) is 8.74. The monoisotopic (exact) mass is 418 g/mol. The average molecular weight is 419 g/mol. The van der Waals surface area contributed by atoms with Crippen LogP contribution in [-0.2, 0) is 10.0 Å². The average Bonchev–Trinajstić information content (AvgIpc) is 2.46. The normalized spacial score (nSPS) is 26.0. The lowest BCUT2D eigenvalue weighted by Crippen LogP contribution is -2.55. The Balaban J connectivity index is 1.58. The maximum absolute atomic E-state index is 11.4. The van der Waals surface area contributed by atoms with E-state index in [1.54, 1.807) is 6.20 Å². The van der Waals surface area contributed by atoms with Crippen molar-refractivity contribution >= 4 is 31.9 Å². The van der Waals surface area contributed by atoms with E-state index in [1.807, 2.05) is 0 Å². The fourth-order valence-electron chi connectivity index (χ4n) is 2.99. The number of rotatable bonds is 5. The summed E-state index contributed by atoms with van der Waals surface area (Å²) in [6.45, 7) is 3.01. The lowest BCUT2D eigenvalue weighted by Gasteiger charge is -2.36. The Hall–Kier alpha value is -0.930. The molecule has 134 valence electrons. The first-order chi connectivity index (χ1) is 11.3. The third-order valence-corrected chi connectivity index (χ3v) is 6.40. The maximum Gasteiger partial charge on any atom is 0.233 e. The molecule has 3 rings (SSSR count). The molecule has 1 aliphatic carbocycles. The number of nitrogens with one attached hydrogen (secondary N) is 1. The SMILES string of the molecule is CC1CCC(Nc2ncc(Br)c(OC3CN(S(C)(=O)=O)C3)n2)CC1. The van der Waals surface area contributed by atoms with E-state index in [0.717, 1.165) is 18.8 Å². The van der Waals surface area contributed by atoms with Crippen LogP contribution >= 0.6 is 15.9 Å². The van der Waals surface area contributed by atoms with E-state index in [0.29, 0.717) is 35.4 Å². The molecule has 2 fully saturated rings. The Labute approximate surface area is 151 Å². The first kappa shape index (κ1) is 17.9. The van der Waals surface area contributed by atoms with Gasteiger partial charge in [-0.25, -0.2) is 13.4 Å². The molecule has 0 atom stereocenters. The number of sulfonamides is 1. The zero-order chi connectivity index (χ0) is 17.3. The van der Waals surface area contributed by atoms with Crippen LogP contribution in [0.5, 0.6) is 5.88 Å². The Bertz CT molecular complexity index is 686. The molecular formula is C15H23BrN4O3S. The minimum Gasteiger partial charge on any atom is -0.471 e. The zero-order valence-corrected chi connectivity index (χ0v) is 16.3. The van der Waals surface area contributed by atoms with Gasteiger partial charge in [0.25, 0.3) is 0 Å². The molecular weight excluding hydrogens is 396 g/mol. The summed E-state index contributed by atoms with van der Waals surface area (Å²) in [5, 5.41) is 3.38. The highest BCUT2D eigenvalue weighted by Crippen LogP contribution is 2.28. The highest BCUT2D eigenvalue weighted by molar-refractivity contribution is 9.10. The van der Waals surface area contributed by atoms with Gasteiger partial charge in [-0.05, 0) is 47.5 Å². The second-order valence-corrected chi connectivity index (χ2v) is 9.60. The fraction of sp³-hybridized carbons (Fsp3) is 0.733. The van der Waals surface area contributed by atoms with Gasteiger partial charge in [0.15, 0.2) is 0 Å². The minimum atomic E-state index is -3.14. The number of hydrogen-bond donors (Lipinski definition) is 1. The molecule has 1 aliphatic heterocycles. The number of hydrogen-bond acceptors (Lipinski definition) is 6. The van der Waals surface area contributed by atoms with Crippen molar-refractivity contribution < 1.29 is 13.2 Å². The van der Waals surface area contributed by atoms with Crippen molar-refractivity contribution in [3.8, 4) is 5.88 Å². The quantitative estimate of drug-likeness (QED) is 0.788. The van der Waals surface area contributed by atoms with Gasteiger partial charge >= 0.3 is 0 Å². The number of anilines is 1. The molecule has 1 aromatic rings. The molecule has 2 aliphatic rings. The summed E-state index contributed by atoms with van der Waals surface area (Å²) < 4.78 is 30.7. The van der Waals surface area contributed by atoms with Gasteiger partial charge in [-0.1, -0.05) is 6.92 Å². The molecule has 1 saturated carbocycles. The molecule has 7 nitrogen and oxygen atoms in total. The first-order valence-corrected chi connectivity index (χ1v) is 10.9. The molecule has 0 amide bonds. The number of nitrogens with zero attached hydrogens (tertiary/aromatic N) is 3. The summed E-state index contributed by atoms with van der Waals surface area (Å²) in [6, 6.07) is 0.402. The van der Waals surface area contributed by atoms with E-state index in [9.17, 15) is 8.42 Å². The van der Waals surface area contributed by atoms with Gasteiger partial charge < -0.3 is 10.1 Å². The lowest BCUT2D eigenvalue weighted by atomic mass is 9.87. The Morgan fingerprint density at radius 3 is 2.58 bits per heavy atom. The second kappa shape index (κ2) is 7.13. The van der Waals surface area contributed by atoms with Crippen LogP contribution < -0.4 is 10.1 Å². The molecule has 9 heteroatoms. The molecule has 1 N–H and O–H groups in total. The highest BCUT2D eigenvalue weighted by Gasteiger charge is 2.35. The Kier molecular flexibility index (Phi) is 5.31. The third-order valence-electron chi connectivity index (χ3n) is 4.62. The van der Waals surface area contributed by atoms with Crippen molar-refractivity contribution in [1.29, 1.82) is 0 Å². The molecule has 0 bridgehead atoms. The predicted octanol–water partition coefficient (Wildman–Crippen LogP) is 2.25. The Morgan fingerprint density at radius 2 is 1.96 bits per heavy atom. The van der Waals surface area contributed by atoms with E-state index < -0.39 is 10.0 Å². The van der Waals surface area contributed by atoms with Crippen LogP contribution in [-0.4, -0.2) is 54.2 Å². The number of aromatic nitrogens is 2. The van der Waals surface area contributed by atoms with Gasteiger partial charge in [0.2, 0.25) is 21.9 Å². The van der Waals surface area contributed by atoms with E-state index in [-0.39, 0.29) is 6.10 Å². The second-order valence-electron chi connectivity index (χ2n) is 6.77. The van der Waals surface area contributed by atoms with Crippen molar-refractivity contribution in [1.82, 2.24) is 14.3 Å². The molecule has 24 heavy (non-hydrogen) atoms. The van der Waals surface area contributed by atoms with Crippen LogP contribution in [0.1, 0.15) is 32.6 Å². The summed E-state index contributed by atoms with van der Waals surface area (Å²) >= 11 is 3.39. The molecule has 1 saturated heterocycles. The van der Waals surface area contributed by atoms with Gasteiger partial charge in [0.1, 0.15) is 6.10 Å². The molecule has 0 spiro atoms. The Morgan fingerprint density at radius 1 is 1.29 bits per heavy atom. The summed E-state index contributed by atoms with van der Waals surface area (Å²) in [7, 11) is -3.14.